The van der Waals surface area contributed by atoms with Crippen molar-refractivity contribution in [3.05, 3.63) is 11.1 Å². The summed E-state index contributed by atoms with van der Waals surface area (Å²) in [7, 11) is 1.46. The van der Waals surface area contributed by atoms with E-state index >= 15 is 0 Å². The Balaban J connectivity index is 2.12. The Morgan fingerprint density at radius 2 is 2.24 bits per heavy atom. The summed E-state index contributed by atoms with van der Waals surface area (Å²) in [5.41, 5.74) is 2.13. The molecular formula is C14H22O3. The molecule has 2 unspecified atom stereocenters. The van der Waals surface area contributed by atoms with Crippen LogP contribution in [0.5, 0.6) is 0 Å². The number of ether oxygens (including phenoxy) is 2. The van der Waals surface area contributed by atoms with Gasteiger partial charge in [0.05, 0.1) is 24.9 Å². The third-order valence-electron chi connectivity index (χ3n) is 3.77. The number of esters is 1. The number of carbonyl (C=O) groups excluding carboxylic acids is 1. The van der Waals surface area contributed by atoms with Gasteiger partial charge in [0.1, 0.15) is 0 Å². The summed E-state index contributed by atoms with van der Waals surface area (Å²) < 4.78 is 10.7. The Morgan fingerprint density at radius 3 is 2.94 bits per heavy atom. The second-order valence-electron chi connectivity index (χ2n) is 4.99. The highest BCUT2D eigenvalue weighted by Gasteiger charge is 2.38. The Morgan fingerprint density at radius 1 is 1.41 bits per heavy atom. The summed E-state index contributed by atoms with van der Waals surface area (Å²) in [6, 6.07) is 0. The number of hydrogen-bond donors (Lipinski definition) is 0. The lowest BCUT2D eigenvalue weighted by molar-refractivity contribution is -0.138. The van der Waals surface area contributed by atoms with Gasteiger partial charge in [0.2, 0.25) is 0 Å². The SMILES string of the molecule is CCCCCC1=C(C(=O)OC)C2CCC(C1)O2. The molecule has 2 rings (SSSR count). The molecule has 0 aromatic rings. The van der Waals surface area contributed by atoms with Gasteiger partial charge in [-0.3, -0.25) is 0 Å². The van der Waals surface area contributed by atoms with Gasteiger partial charge in [0.25, 0.3) is 0 Å². The molecule has 2 aliphatic heterocycles. The third kappa shape index (κ3) is 2.71. The van der Waals surface area contributed by atoms with Gasteiger partial charge < -0.3 is 9.47 Å². The van der Waals surface area contributed by atoms with Gasteiger partial charge in [-0.15, -0.1) is 0 Å². The van der Waals surface area contributed by atoms with Crippen molar-refractivity contribution in [2.75, 3.05) is 7.11 Å². The Labute approximate surface area is 103 Å². The lowest BCUT2D eigenvalue weighted by Crippen LogP contribution is -2.27. The minimum atomic E-state index is -0.179. The minimum Gasteiger partial charge on any atom is -0.466 e. The Hall–Kier alpha value is -0.830. The first kappa shape index (κ1) is 12.6. The molecule has 2 heterocycles. The minimum absolute atomic E-state index is 0.0119. The van der Waals surface area contributed by atoms with Gasteiger partial charge in [-0.1, -0.05) is 25.3 Å². The highest BCUT2D eigenvalue weighted by atomic mass is 16.5. The molecule has 3 heteroatoms. The van der Waals surface area contributed by atoms with E-state index in [0.717, 1.165) is 31.3 Å². The number of fused-ring (bicyclic) bond motifs is 2. The van der Waals surface area contributed by atoms with Crippen LogP contribution in [0.25, 0.3) is 0 Å². The van der Waals surface area contributed by atoms with Crippen molar-refractivity contribution < 1.29 is 14.3 Å². The molecule has 0 aromatic heterocycles. The number of carbonyl (C=O) groups is 1. The van der Waals surface area contributed by atoms with Gasteiger partial charge in [0.15, 0.2) is 0 Å². The van der Waals surface area contributed by atoms with Crippen molar-refractivity contribution in [3.8, 4) is 0 Å². The van der Waals surface area contributed by atoms with Gasteiger partial charge in [-0.05, 0) is 32.1 Å². The quantitative estimate of drug-likeness (QED) is 0.545. The van der Waals surface area contributed by atoms with Crippen molar-refractivity contribution in [3.63, 3.8) is 0 Å². The summed E-state index contributed by atoms with van der Waals surface area (Å²) in [4.78, 5) is 11.8. The molecule has 0 saturated carbocycles. The van der Waals surface area contributed by atoms with Crippen LogP contribution < -0.4 is 0 Å². The molecule has 2 bridgehead atoms. The monoisotopic (exact) mass is 238 g/mol. The van der Waals surface area contributed by atoms with E-state index in [0.29, 0.717) is 6.10 Å². The highest BCUT2D eigenvalue weighted by molar-refractivity contribution is 5.90. The third-order valence-corrected chi connectivity index (χ3v) is 3.77. The maximum atomic E-state index is 11.8. The molecule has 2 atom stereocenters. The van der Waals surface area contributed by atoms with Crippen LogP contribution in [0.15, 0.2) is 11.1 Å². The normalized spacial score (nSPS) is 27.4. The maximum absolute atomic E-state index is 11.8. The molecule has 0 spiro atoms. The number of methoxy groups -OCH3 is 1. The predicted molar refractivity (Wildman–Crippen MR) is 65.7 cm³/mol. The average Bonchev–Trinajstić information content (AvgIpc) is 2.71. The van der Waals surface area contributed by atoms with E-state index < -0.39 is 0 Å². The van der Waals surface area contributed by atoms with Crippen molar-refractivity contribution in [1.29, 1.82) is 0 Å². The number of hydrogen-bond acceptors (Lipinski definition) is 3. The fraction of sp³-hybridized carbons (Fsp3) is 0.786. The molecule has 0 N–H and O–H groups in total. The smallest absolute Gasteiger partial charge is 0.336 e. The zero-order valence-electron chi connectivity index (χ0n) is 10.8. The first-order valence-corrected chi connectivity index (χ1v) is 6.72. The first-order valence-electron chi connectivity index (χ1n) is 6.72. The highest BCUT2D eigenvalue weighted by Crippen LogP contribution is 2.38. The van der Waals surface area contributed by atoms with Crippen molar-refractivity contribution in [1.82, 2.24) is 0 Å². The van der Waals surface area contributed by atoms with E-state index in [1.807, 2.05) is 0 Å². The second-order valence-corrected chi connectivity index (χ2v) is 4.99. The molecule has 1 fully saturated rings. The topological polar surface area (TPSA) is 35.5 Å². The largest absolute Gasteiger partial charge is 0.466 e. The van der Waals surface area contributed by atoms with Crippen LogP contribution in [0.1, 0.15) is 51.9 Å². The predicted octanol–water partition coefficient (Wildman–Crippen LogP) is 2.99. The van der Waals surface area contributed by atoms with Crippen molar-refractivity contribution >= 4 is 5.97 Å². The lowest BCUT2D eigenvalue weighted by Gasteiger charge is -2.25. The molecule has 0 radical (unpaired) electrons. The standard InChI is InChI=1S/C14H22O3/c1-3-4-5-6-10-9-11-7-8-12(17-11)13(10)14(15)16-2/h11-12H,3-9H2,1-2H3. The van der Waals surface area contributed by atoms with Crippen LogP contribution in [0.4, 0.5) is 0 Å². The molecule has 1 saturated heterocycles. The van der Waals surface area contributed by atoms with Crippen LogP contribution >= 0.6 is 0 Å². The van der Waals surface area contributed by atoms with Crippen LogP contribution in [-0.2, 0) is 14.3 Å². The Kier molecular flexibility index (Phi) is 4.21. The van der Waals surface area contributed by atoms with Crippen LogP contribution in [0.2, 0.25) is 0 Å². The van der Waals surface area contributed by atoms with E-state index in [9.17, 15) is 4.79 Å². The second kappa shape index (κ2) is 5.67. The van der Waals surface area contributed by atoms with Gasteiger partial charge in [-0.2, -0.15) is 0 Å². The van der Waals surface area contributed by atoms with Crippen LogP contribution in [0.3, 0.4) is 0 Å². The van der Waals surface area contributed by atoms with Crippen LogP contribution in [0, 0.1) is 0 Å². The molecule has 0 amide bonds. The number of rotatable bonds is 5. The zero-order chi connectivity index (χ0) is 12.3. The molecule has 3 nitrogen and oxygen atoms in total. The van der Waals surface area contributed by atoms with Gasteiger partial charge >= 0.3 is 5.97 Å². The van der Waals surface area contributed by atoms with E-state index in [1.165, 1.54) is 31.9 Å². The maximum Gasteiger partial charge on any atom is 0.336 e. The van der Waals surface area contributed by atoms with E-state index in [2.05, 4.69) is 6.92 Å². The van der Waals surface area contributed by atoms with E-state index in [4.69, 9.17) is 9.47 Å². The zero-order valence-corrected chi connectivity index (χ0v) is 10.8. The first-order chi connectivity index (χ1) is 8.26. The molecule has 2 aliphatic rings. The van der Waals surface area contributed by atoms with Crippen molar-refractivity contribution in [2.24, 2.45) is 0 Å². The van der Waals surface area contributed by atoms with Gasteiger partial charge in [-0.25, -0.2) is 4.79 Å². The van der Waals surface area contributed by atoms with Crippen LogP contribution in [-0.4, -0.2) is 25.3 Å². The summed E-state index contributed by atoms with van der Waals surface area (Å²) >= 11 is 0. The fourth-order valence-corrected chi connectivity index (χ4v) is 2.89. The average molecular weight is 238 g/mol. The summed E-state index contributed by atoms with van der Waals surface area (Å²) in [6.07, 6.45) is 8.01. The number of unbranched alkanes of at least 4 members (excludes halogenated alkanes) is 2. The van der Waals surface area contributed by atoms with E-state index in [1.54, 1.807) is 0 Å². The van der Waals surface area contributed by atoms with Gasteiger partial charge in [0, 0.05) is 0 Å². The molecule has 17 heavy (non-hydrogen) atoms. The molecule has 96 valence electrons. The van der Waals surface area contributed by atoms with E-state index in [-0.39, 0.29) is 12.1 Å². The van der Waals surface area contributed by atoms with Crippen molar-refractivity contribution in [2.45, 2.75) is 64.1 Å². The fourth-order valence-electron chi connectivity index (χ4n) is 2.89. The summed E-state index contributed by atoms with van der Waals surface area (Å²) in [5.74, 6) is -0.179. The Bertz CT molecular complexity index is 319. The molecular weight excluding hydrogens is 216 g/mol. The summed E-state index contributed by atoms with van der Waals surface area (Å²) in [6.45, 7) is 2.20. The summed E-state index contributed by atoms with van der Waals surface area (Å²) in [5, 5.41) is 0. The molecule has 0 aromatic carbocycles. The molecule has 0 aliphatic carbocycles. The lowest BCUT2D eigenvalue weighted by atomic mass is 9.94.